The van der Waals surface area contributed by atoms with E-state index in [1.807, 2.05) is 0 Å². The van der Waals surface area contributed by atoms with Crippen LogP contribution in [0, 0.1) is 11.6 Å². The number of hydrogen-bond donors (Lipinski definition) is 2. The molecule has 2 aliphatic heterocycles. The maximum Gasteiger partial charge on any atom is 0.322 e. The topological polar surface area (TPSA) is 86.0 Å². The van der Waals surface area contributed by atoms with Crippen molar-refractivity contribution in [2.45, 2.75) is 31.3 Å². The van der Waals surface area contributed by atoms with E-state index in [2.05, 4.69) is 15.4 Å². The van der Waals surface area contributed by atoms with Crippen molar-refractivity contribution >= 4 is 23.2 Å². The molecule has 0 aliphatic carbocycles. The number of nitrogens with one attached hydrogen (secondary N) is 1. The molecule has 10 heteroatoms. The van der Waals surface area contributed by atoms with Gasteiger partial charge >= 0.3 is 6.03 Å². The quantitative estimate of drug-likeness (QED) is 0.655. The van der Waals surface area contributed by atoms with Crippen LogP contribution in [-0.4, -0.2) is 56.2 Å². The number of β-amino-alcohol motifs (C(OH)–C–C–N with tert-alkyl or cyclic N) is 1. The molecule has 2 N–H and O–H groups in total. The van der Waals surface area contributed by atoms with Crippen LogP contribution in [0.25, 0.3) is 5.65 Å². The molecule has 162 valence electrons. The maximum absolute atomic E-state index is 15.0. The molecule has 2 fully saturated rings. The van der Waals surface area contributed by atoms with Gasteiger partial charge in [0.05, 0.1) is 22.4 Å². The Morgan fingerprint density at radius 3 is 3.00 bits per heavy atom. The van der Waals surface area contributed by atoms with E-state index in [4.69, 9.17) is 15.1 Å². The van der Waals surface area contributed by atoms with Gasteiger partial charge in [-0.05, 0) is 43.4 Å². The van der Waals surface area contributed by atoms with Gasteiger partial charge in [0.1, 0.15) is 23.1 Å². The van der Waals surface area contributed by atoms with Gasteiger partial charge in [0.15, 0.2) is 5.65 Å². The molecule has 4 heterocycles. The SMILES string of the molecule is [2H]C1([2H])C[C@H](O)C([2H])([2H])N1C(=O)Nc1cnn2ccc(N3C([2H])([2H])C([2H])([2H])C([2H])([2H])[C@]3([2H])c3cc(F)ccc3F)nc12. The zero-order chi connectivity index (χ0) is 31.4. The summed E-state index contributed by atoms with van der Waals surface area (Å²) in [6.45, 7) is -8.81. The molecule has 0 unspecified atom stereocenters. The summed E-state index contributed by atoms with van der Waals surface area (Å²) in [5, 5.41) is 16.1. The number of urea groups is 1. The number of aromatic nitrogens is 3. The van der Waals surface area contributed by atoms with Gasteiger partial charge in [-0.2, -0.15) is 5.10 Å². The molecule has 0 bridgehead atoms. The smallest absolute Gasteiger partial charge is 0.322 e. The van der Waals surface area contributed by atoms with E-state index in [1.165, 1.54) is 0 Å². The Kier molecular flexibility index (Phi) is 2.72. The lowest BCUT2D eigenvalue weighted by molar-refractivity contribution is 0.176. The van der Waals surface area contributed by atoms with Gasteiger partial charge in [-0.3, -0.25) is 0 Å². The summed E-state index contributed by atoms with van der Waals surface area (Å²) in [6, 6.07) is -1.87. The van der Waals surface area contributed by atoms with Gasteiger partial charge in [0.2, 0.25) is 0 Å². The zero-order valence-electron chi connectivity index (χ0n) is 26.6. The highest BCUT2D eigenvalue weighted by atomic mass is 19.1. The lowest BCUT2D eigenvalue weighted by Gasteiger charge is -2.26. The minimum atomic E-state index is -3.52. The normalized spacial score (nSPS) is 37.0. The number of hydrogen-bond acceptors (Lipinski definition) is 5. The van der Waals surface area contributed by atoms with Crippen LogP contribution in [0.2, 0.25) is 0 Å². The number of aliphatic hydroxyl groups is 1. The standard InChI is InChI=1S/C21H22F2N6O2/c22-13-3-4-16(23)15(10-13)18-2-1-7-28(18)19-6-9-29-20(26-19)17(11-24-29)25-21(31)27-8-5-14(30)12-27/h3-4,6,9-11,14,18,30H,1-2,5,7-8,12H2,(H,25,31)/t14-,18+/m0/s1/i1D2,2D2,7D2,8D2,12D2,18D. The predicted octanol–water partition coefficient (Wildman–Crippen LogP) is 2.95. The number of benzene rings is 1. The number of amides is 2. The highest BCUT2D eigenvalue weighted by Crippen LogP contribution is 2.37. The summed E-state index contributed by atoms with van der Waals surface area (Å²) in [7, 11) is 0. The Morgan fingerprint density at radius 2 is 2.19 bits per heavy atom. The van der Waals surface area contributed by atoms with E-state index in [0.717, 1.165) is 23.0 Å². The summed E-state index contributed by atoms with van der Waals surface area (Å²) < 4.78 is 122. The fourth-order valence-corrected chi connectivity index (χ4v) is 3.09. The highest BCUT2D eigenvalue weighted by molar-refractivity contribution is 5.93. The Balaban J connectivity index is 1.65. The molecule has 8 nitrogen and oxygen atoms in total. The minimum absolute atomic E-state index is 0.155. The largest absolute Gasteiger partial charge is 0.391 e. The van der Waals surface area contributed by atoms with Crippen LogP contribution < -0.4 is 10.2 Å². The van der Waals surface area contributed by atoms with Gasteiger partial charge in [-0.25, -0.2) is 23.1 Å². The molecule has 2 aliphatic rings. The van der Waals surface area contributed by atoms with Crippen LogP contribution in [-0.2, 0) is 0 Å². The van der Waals surface area contributed by atoms with Crippen molar-refractivity contribution in [1.29, 1.82) is 0 Å². The van der Waals surface area contributed by atoms with Crippen LogP contribution in [0.4, 0.5) is 25.1 Å². The number of fused-ring (bicyclic) bond motifs is 1. The molecule has 2 amide bonds. The van der Waals surface area contributed by atoms with Crippen molar-refractivity contribution in [1.82, 2.24) is 19.5 Å². The molecule has 2 aromatic heterocycles. The number of rotatable bonds is 3. The average molecular weight is 440 g/mol. The third-order valence-corrected chi connectivity index (χ3v) is 4.50. The highest BCUT2D eigenvalue weighted by Gasteiger charge is 2.30. The van der Waals surface area contributed by atoms with Crippen molar-refractivity contribution in [3.63, 3.8) is 0 Å². The van der Waals surface area contributed by atoms with Crippen LogP contribution in [0.1, 0.15) is 45.8 Å². The molecule has 0 spiro atoms. The van der Waals surface area contributed by atoms with E-state index in [1.54, 1.807) is 0 Å². The van der Waals surface area contributed by atoms with Gasteiger partial charge in [-0.15, -0.1) is 0 Å². The number of anilines is 2. The van der Waals surface area contributed by atoms with E-state index < -0.39 is 79.8 Å². The first-order chi connectivity index (χ1) is 19.1. The summed E-state index contributed by atoms with van der Waals surface area (Å²) in [5.74, 6) is -3.06. The van der Waals surface area contributed by atoms with Crippen LogP contribution in [0.15, 0.2) is 36.7 Å². The van der Waals surface area contributed by atoms with Gasteiger partial charge in [0, 0.05) is 42.2 Å². The molecule has 31 heavy (non-hydrogen) atoms. The van der Waals surface area contributed by atoms with E-state index in [-0.39, 0.29) is 21.1 Å². The van der Waals surface area contributed by atoms with E-state index >= 15 is 4.39 Å². The van der Waals surface area contributed by atoms with Crippen LogP contribution in [0.5, 0.6) is 0 Å². The monoisotopic (exact) mass is 439 g/mol. The molecule has 5 rings (SSSR count). The van der Waals surface area contributed by atoms with Gasteiger partial charge < -0.3 is 20.2 Å². The fraction of sp³-hybridized carbons (Fsp3) is 0.381. The average Bonchev–Trinajstić information content (AvgIpc) is 3.35. The molecular formula is C21H22F2N6O2. The lowest BCUT2D eigenvalue weighted by atomic mass is 10.0. The van der Waals surface area contributed by atoms with Crippen molar-refractivity contribution in [3.05, 3.63) is 53.9 Å². The molecule has 0 saturated carbocycles. The first-order valence-corrected chi connectivity index (χ1v) is 9.02. The minimum Gasteiger partial charge on any atom is -0.391 e. The second-order valence-electron chi connectivity index (χ2n) is 6.55. The number of aliphatic hydroxyl groups excluding tert-OH is 1. The van der Waals surface area contributed by atoms with E-state index in [9.17, 15) is 14.3 Å². The summed E-state index contributed by atoms with van der Waals surface area (Å²) in [6.07, 6.45) is -7.45. The summed E-state index contributed by atoms with van der Waals surface area (Å²) in [4.78, 5) is 17.5. The third kappa shape index (κ3) is 3.67. The Labute approximate surface area is 192 Å². The maximum atomic E-state index is 15.0. The van der Waals surface area contributed by atoms with Crippen molar-refractivity contribution in [3.8, 4) is 0 Å². The second kappa shape index (κ2) is 7.77. The molecule has 3 aromatic rings. The second-order valence-corrected chi connectivity index (χ2v) is 6.55. The molecule has 1 aromatic carbocycles. The van der Waals surface area contributed by atoms with Crippen molar-refractivity contribution in [2.75, 3.05) is 29.7 Å². The number of halogens is 2. The number of nitrogens with zero attached hydrogens (tertiary/aromatic N) is 5. The first-order valence-electron chi connectivity index (χ1n) is 14.5. The third-order valence-electron chi connectivity index (χ3n) is 4.50. The Morgan fingerprint density at radius 1 is 1.32 bits per heavy atom. The molecule has 0 radical (unpaired) electrons. The lowest BCUT2D eigenvalue weighted by Crippen LogP contribution is -2.33. The predicted molar refractivity (Wildman–Crippen MR) is 110 cm³/mol. The van der Waals surface area contributed by atoms with Gasteiger partial charge in [-0.1, -0.05) is 0 Å². The molecule has 2 atom stereocenters. The van der Waals surface area contributed by atoms with Crippen molar-refractivity contribution in [2.24, 2.45) is 0 Å². The summed E-state index contributed by atoms with van der Waals surface area (Å²) >= 11 is 0. The first kappa shape index (κ1) is 10.9. The van der Waals surface area contributed by atoms with Gasteiger partial charge in [0.25, 0.3) is 0 Å². The number of carbonyl (C=O) groups excluding carboxylic acids is 1. The summed E-state index contributed by atoms with van der Waals surface area (Å²) in [5.41, 5.74) is -1.64. The number of likely N-dealkylation sites (tertiary alicyclic amines) is 1. The Hall–Kier alpha value is -3.27. The van der Waals surface area contributed by atoms with Crippen molar-refractivity contribution < 1.29 is 33.8 Å². The van der Waals surface area contributed by atoms with E-state index in [0.29, 0.717) is 18.2 Å². The molecular weight excluding hydrogens is 406 g/mol. The zero-order valence-corrected chi connectivity index (χ0v) is 15.6. The molecule has 2 saturated heterocycles. The van der Waals surface area contributed by atoms with Crippen LogP contribution >= 0.6 is 0 Å². The van der Waals surface area contributed by atoms with Crippen LogP contribution in [0.3, 0.4) is 0 Å². The number of carbonyl (C=O) groups is 1. The Bertz CT molecular complexity index is 1610. The fourth-order valence-electron chi connectivity index (χ4n) is 3.09.